The van der Waals surface area contributed by atoms with Crippen LogP contribution in [-0.4, -0.2) is 53.8 Å². The topological polar surface area (TPSA) is 150 Å². The molecule has 194 valence electrons. The molecule has 3 aromatic carbocycles. The van der Waals surface area contributed by atoms with E-state index < -0.39 is 28.4 Å². The average Bonchev–Trinajstić information content (AvgIpc) is 2.91. The predicted octanol–water partition coefficient (Wildman–Crippen LogP) is 1.91. The second kappa shape index (κ2) is 12.4. The first-order chi connectivity index (χ1) is 17.7. The van der Waals surface area contributed by atoms with Gasteiger partial charge in [0, 0.05) is 6.07 Å². The summed E-state index contributed by atoms with van der Waals surface area (Å²) >= 11 is 0. The summed E-state index contributed by atoms with van der Waals surface area (Å²) in [6.45, 7) is -0.831. The summed E-state index contributed by atoms with van der Waals surface area (Å²) in [6.07, 6.45) is 1.37. The van der Waals surface area contributed by atoms with Crippen LogP contribution in [-0.2, 0) is 19.6 Å². The Hall–Kier alpha value is -4.58. The minimum atomic E-state index is -4.16. The van der Waals surface area contributed by atoms with Crippen molar-refractivity contribution in [1.29, 1.82) is 0 Å². The molecular weight excluding hydrogens is 500 g/mol. The molecule has 0 heterocycles. The zero-order valence-corrected chi connectivity index (χ0v) is 21.0. The van der Waals surface area contributed by atoms with Crippen molar-refractivity contribution in [3.05, 3.63) is 78.4 Å². The van der Waals surface area contributed by atoms with Crippen molar-refractivity contribution in [3.63, 3.8) is 0 Å². The Bertz CT molecular complexity index is 1360. The summed E-state index contributed by atoms with van der Waals surface area (Å²) < 4.78 is 43.8. The van der Waals surface area contributed by atoms with Crippen molar-refractivity contribution < 1.29 is 32.2 Å². The van der Waals surface area contributed by atoms with Gasteiger partial charge in [0.25, 0.3) is 21.8 Å². The van der Waals surface area contributed by atoms with Crippen molar-refractivity contribution in [3.8, 4) is 17.2 Å². The Kier molecular flexibility index (Phi) is 9.05. The smallest absolute Gasteiger partial charge is 0.264 e. The molecule has 11 nitrogen and oxygen atoms in total. The third-order valence-corrected chi connectivity index (χ3v) is 6.71. The summed E-state index contributed by atoms with van der Waals surface area (Å²) in [7, 11) is -1.32. The number of nitrogens with two attached hydrogens (primary N) is 1. The summed E-state index contributed by atoms with van der Waals surface area (Å²) in [6, 6.07) is 18.9. The van der Waals surface area contributed by atoms with E-state index in [0.717, 1.165) is 4.31 Å². The van der Waals surface area contributed by atoms with Crippen molar-refractivity contribution in [2.45, 2.75) is 4.90 Å². The number of benzene rings is 3. The first-order valence-electron chi connectivity index (χ1n) is 10.9. The van der Waals surface area contributed by atoms with Crippen LogP contribution in [0.25, 0.3) is 0 Å². The van der Waals surface area contributed by atoms with Gasteiger partial charge in [0.1, 0.15) is 23.8 Å². The first-order valence-corrected chi connectivity index (χ1v) is 12.3. The molecule has 3 rings (SSSR count). The molecule has 0 aromatic heterocycles. The molecule has 0 aliphatic heterocycles. The van der Waals surface area contributed by atoms with Gasteiger partial charge >= 0.3 is 0 Å². The van der Waals surface area contributed by atoms with Crippen LogP contribution in [0.1, 0.15) is 5.56 Å². The van der Waals surface area contributed by atoms with E-state index in [2.05, 4.69) is 10.5 Å². The van der Waals surface area contributed by atoms with Crippen molar-refractivity contribution in [2.75, 3.05) is 31.7 Å². The monoisotopic (exact) mass is 526 g/mol. The number of rotatable bonds is 12. The maximum absolute atomic E-state index is 13.5. The van der Waals surface area contributed by atoms with Crippen LogP contribution < -0.4 is 29.7 Å². The van der Waals surface area contributed by atoms with Crippen LogP contribution in [0, 0.1) is 0 Å². The fraction of sp³-hybridized carbons (Fsp3) is 0.160. The first kappa shape index (κ1) is 27.0. The Morgan fingerprint density at radius 1 is 0.973 bits per heavy atom. The Morgan fingerprint density at radius 3 is 2.27 bits per heavy atom. The Morgan fingerprint density at radius 2 is 1.65 bits per heavy atom. The molecule has 0 unspecified atom stereocenters. The summed E-state index contributed by atoms with van der Waals surface area (Å²) in [5.74, 6) is -0.236. The van der Waals surface area contributed by atoms with Crippen LogP contribution in [0.2, 0.25) is 0 Å². The van der Waals surface area contributed by atoms with Crippen LogP contribution in [0.4, 0.5) is 5.69 Å². The molecule has 0 bridgehead atoms. The van der Waals surface area contributed by atoms with Crippen LogP contribution in [0.3, 0.4) is 0 Å². The number of ether oxygens (including phenoxy) is 3. The maximum Gasteiger partial charge on any atom is 0.264 e. The number of carbonyl (C=O) groups excluding carboxylic acids is 2. The number of primary amides is 1. The zero-order valence-electron chi connectivity index (χ0n) is 20.2. The number of amides is 2. The highest BCUT2D eigenvalue weighted by molar-refractivity contribution is 7.92. The summed E-state index contributed by atoms with van der Waals surface area (Å²) in [4.78, 5) is 23.6. The molecule has 0 aliphatic rings. The second-order valence-electron chi connectivity index (χ2n) is 7.48. The van der Waals surface area contributed by atoms with E-state index in [0.29, 0.717) is 17.1 Å². The van der Waals surface area contributed by atoms with Crippen molar-refractivity contribution in [1.82, 2.24) is 5.43 Å². The molecule has 3 aromatic rings. The predicted molar refractivity (Wildman–Crippen MR) is 137 cm³/mol. The lowest BCUT2D eigenvalue weighted by Crippen LogP contribution is -2.39. The number of nitrogens with one attached hydrogen (secondary N) is 1. The van der Waals surface area contributed by atoms with Gasteiger partial charge in [-0.25, -0.2) is 13.8 Å². The maximum atomic E-state index is 13.5. The van der Waals surface area contributed by atoms with E-state index in [1.54, 1.807) is 54.6 Å². The number of hydrogen-bond acceptors (Lipinski definition) is 8. The Labute approximate surface area is 214 Å². The lowest BCUT2D eigenvalue weighted by atomic mass is 10.2. The van der Waals surface area contributed by atoms with Gasteiger partial charge < -0.3 is 19.9 Å². The summed E-state index contributed by atoms with van der Waals surface area (Å²) in [5.41, 5.74) is 8.12. The van der Waals surface area contributed by atoms with Gasteiger partial charge in [-0.3, -0.25) is 13.9 Å². The average molecular weight is 527 g/mol. The van der Waals surface area contributed by atoms with E-state index in [-0.39, 0.29) is 22.9 Å². The van der Waals surface area contributed by atoms with Gasteiger partial charge in [0.2, 0.25) is 0 Å². The van der Waals surface area contributed by atoms with E-state index in [1.807, 2.05) is 0 Å². The third kappa shape index (κ3) is 7.21. The SMILES string of the molecule is COc1ccc(OC)c(N(CC(=O)N/N=C\c2ccc(OCC(N)=O)cc2)S(=O)(=O)c2ccccc2)c1. The van der Waals surface area contributed by atoms with E-state index in [1.165, 1.54) is 38.6 Å². The normalized spacial score (nSPS) is 11.1. The molecular formula is C25H26N4O7S. The number of sulfonamides is 1. The number of hydrogen-bond donors (Lipinski definition) is 2. The molecule has 0 aliphatic carbocycles. The standard InChI is InChI=1S/C25H26N4O7S/c1-34-20-12-13-23(35-2)22(14-20)29(37(32,33)21-6-4-3-5-7-21)16-25(31)28-27-15-18-8-10-19(11-9-18)36-17-24(26)30/h3-15H,16-17H2,1-2H3,(H2,26,30)(H,28,31)/b27-15-. The molecule has 2 amide bonds. The minimum Gasteiger partial charge on any atom is -0.497 e. The van der Waals surface area contributed by atoms with Gasteiger partial charge in [-0.15, -0.1) is 0 Å². The highest BCUT2D eigenvalue weighted by atomic mass is 32.2. The van der Waals surface area contributed by atoms with Crippen LogP contribution in [0.15, 0.2) is 82.8 Å². The number of methoxy groups -OCH3 is 2. The molecule has 0 saturated carbocycles. The largest absolute Gasteiger partial charge is 0.497 e. The molecule has 12 heteroatoms. The molecule has 0 saturated heterocycles. The van der Waals surface area contributed by atoms with E-state index in [4.69, 9.17) is 19.9 Å². The van der Waals surface area contributed by atoms with Crippen molar-refractivity contribution in [2.24, 2.45) is 10.8 Å². The van der Waals surface area contributed by atoms with E-state index in [9.17, 15) is 18.0 Å². The fourth-order valence-electron chi connectivity index (χ4n) is 3.16. The van der Waals surface area contributed by atoms with Crippen molar-refractivity contribution >= 4 is 33.7 Å². The lowest BCUT2D eigenvalue weighted by molar-refractivity contribution is -0.120. The van der Waals surface area contributed by atoms with E-state index >= 15 is 0 Å². The molecule has 3 N–H and O–H groups in total. The molecule has 37 heavy (non-hydrogen) atoms. The van der Waals surface area contributed by atoms with Gasteiger partial charge in [0.05, 0.1) is 31.0 Å². The molecule has 0 fully saturated rings. The highest BCUT2D eigenvalue weighted by Crippen LogP contribution is 2.35. The molecule has 0 atom stereocenters. The van der Waals surface area contributed by atoms with Crippen LogP contribution in [0.5, 0.6) is 17.2 Å². The summed E-state index contributed by atoms with van der Waals surface area (Å²) in [5, 5.41) is 3.91. The number of carbonyl (C=O) groups is 2. The zero-order chi connectivity index (χ0) is 26.8. The van der Waals surface area contributed by atoms with Gasteiger partial charge in [-0.2, -0.15) is 5.10 Å². The minimum absolute atomic E-state index is 0.00480. The van der Waals surface area contributed by atoms with Gasteiger partial charge in [-0.1, -0.05) is 18.2 Å². The molecule has 0 radical (unpaired) electrons. The highest BCUT2D eigenvalue weighted by Gasteiger charge is 2.29. The fourth-order valence-corrected chi connectivity index (χ4v) is 4.60. The molecule has 0 spiro atoms. The number of hydrazone groups is 1. The Balaban J connectivity index is 1.81. The quantitative estimate of drug-likeness (QED) is 0.270. The second-order valence-corrected chi connectivity index (χ2v) is 9.34. The van der Waals surface area contributed by atoms with Gasteiger partial charge in [-0.05, 0) is 54.1 Å². The third-order valence-electron chi connectivity index (χ3n) is 4.94. The number of anilines is 1. The van der Waals surface area contributed by atoms with Gasteiger partial charge in [0.15, 0.2) is 6.61 Å². The van der Waals surface area contributed by atoms with Crippen LogP contribution >= 0.6 is 0 Å². The lowest BCUT2D eigenvalue weighted by Gasteiger charge is -2.25. The number of nitrogens with zero attached hydrogens (tertiary/aromatic N) is 2.